The predicted octanol–water partition coefficient (Wildman–Crippen LogP) is -1.44. The van der Waals surface area contributed by atoms with E-state index in [2.05, 4.69) is 5.32 Å². The van der Waals surface area contributed by atoms with Crippen molar-refractivity contribution in [2.45, 2.75) is 0 Å². The van der Waals surface area contributed by atoms with Crippen LogP contribution in [-0.2, 0) is 21.1 Å². The minimum absolute atomic E-state index is 0. The molecule has 0 unspecified atom stereocenters. The molecule has 0 aliphatic carbocycles. The summed E-state index contributed by atoms with van der Waals surface area (Å²) in [4.78, 5) is 0. The van der Waals surface area contributed by atoms with Crippen molar-refractivity contribution in [3.05, 3.63) is 0 Å². The van der Waals surface area contributed by atoms with Crippen LogP contribution >= 0.6 is 0 Å². The molecule has 0 heterocycles. The molecule has 0 spiro atoms. The Morgan fingerprint density at radius 1 is 1.00 bits per heavy atom. The summed E-state index contributed by atoms with van der Waals surface area (Å²) in [6.07, 6.45) is 0. The maximum atomic E-state index is 8.15. The number of hydrogen-bond acceptors (Lipinski definition) is 3. The van der Waals surface area contributed by atoms with E-state index < -0.39 is 0 Å². The van der Waals surface area contributed by atoms with E-state index in [1.165, 1.54) is 0 Å². The first-order valence-corrected chi connectivity index (χ1v) is 2.34. The van der Waals surface area contributed by atoms with Gasteiger partial charge in [0.25, 0.3) is 0 Å². The second-order valence-electron chi connectivity index (χ2n) is 1.20. The molecule has 0 aromatic heterocycles. The van der Waals surface area contributed by atoms with Crippen molar-refractivity contribution in [2.75, 3.05) is 26.3 Å². The van der Waals surface area contributed by atoms with E-state index in [9.17, 15) is 0 Å². The molecule has 0 bridgehead atoms. The molecule has 8 heavy (non-hydrogen) atoms. The molecule has 0 radical (unpaired) electrons. The van der Waals surface area contributed by atoms with Crippen molar-refractivity contribution >= 4 is 0 Å². The third-order valence-corrected chi connectivity index (χ3v) is 0.577. The van der Waals surface area contributed by atoms with Gasteiger partial charge >= 0.3 is 0 Å². The summed E-state index contributed by atoms with van der Waals surface area (Å²) in [5.74, 6) is 0. The van der Waals surface area contributed by atoms with Gasteiger partial charge in [0.05, 0.1) is 13.2 Å². The van der Waals surface area contributed by atoms with Crippen LogP contribution in [0.15, 0.2) is 0 Å². The summed E-state index contributed by atoms with van der Waals surface area (Å²) in [6.45, 7) is 1.42. The van der Waals surface area contributed by atoms with Crippen molar-refractivity contribution in [3.8, 4) is 0 Å². The van der Waals surface area contributed by atoms with Gasteiger partial charge in [0, 0.05) is 34.2 Å². The molecule has 54 valence electrons. The van der Waals surface area contributed by atoms with Gasteiger partial charge in [-0.1, -0.05) is 0 Å². The zero-order chi connectivity index (χ0) is 5.54. The molecule has 0 aromatic rings. The molecule has 0 aliphatic rings. The first-order chi connectivity index (χ1) is 3.41. The van der Waals surface area contributed by atoms with E-state index in [1.807, 2.05) is 0 Å². The zero-order valence-corrected chi connectivity index (χ0v) is 6.81. The van der Waals surface area contributed by atoms with Gasteiger partial charge in [-0.3, -0.25) is 0 Å². The predicted molar refractivity (Wildman–Crippen MR) is 27.0 cm³/mol. The smallest absolute Gasteiger partial charge is 0.0555 e. The molecule has 3 nitrogen and oxygen atoms in total. The van der Waals surface area contributed by atoms with Crippen molar-refractivity contribution in [1.29, 1.82) is 0 Å². The van der Waals surface area contributed by atoms with Crippen LogP contribution < -0.4 is 5.32 Å². The minimum atomic E-state index is 0. The Labute approximate surface area is 63.4 Å². The van der Waals surface area contributed by atoms with Crippen LogP contribution in [0.4, 0.5) is 0 Å². The Balaban J connectivity index is 0. The molecule has 0 saturated carbocycles. The number of aliphatic hydroxyl groups is 2. The summed E-state index contributed by atoms with van der Waals surface area (Å²) >= 11 is 0. The number of aliphatic hydroxyl groups excluding tert-OH is 2. The Hall–Kier alpha value is 0.568. The van der Waals surface area contributed by atoms with Crippen LogP contribution in [0.25, 0.3) is 0 Å². The maximum Gasteiger partial charge on any atom is 0.0555 e. The monoisotopic (exact) mass is 300 g/mol. The first kappa shape index (κ1) is 11.4. The van der Waals surface area contributed by atoms with Crippen molar-refractivity contribution in [1.82, 2.24) is 5.32 Å². The molecule has 0 rings (SSSR count). The van der Waals surface area contributed by atoms with Gasteiger partial charge in [0.15, 0.2) is 0 Å². The van der Waals surface area contributed by atoms with Gasteiger partial charge in [-0.25, -0.2) is 0 Å². The quantitative estimate of drug-likeness (QED) is 0.557. The van der Waals surface area contributed by atoms with Crippen LogP contribution in [-0.4, -0.2) is 36.5 Å². The third kappa shape index (κ3) is 9.76. The summed E-state index contributed by atoms with van der Waals surface area (Å²) in [5, 5.41) is 19.1. The largest absolute Gasteiger partial charge is 0.395 e. The second-order valence-corrected chi connectivity index (χ2v) is 1.20. The SMILES string of the molecule is OCCNCCO.[Pt]. The molecule has 0 amide bonds. The molecule has 0 saturated heterocycles. The topological polar surface area (TPSA) is 52.5 Å². The van der Waals surface area contributed by atoms with Gasteiger partial charge < -0.3 is 15.5 Å². The fourth-order valence-electron chi connectivity index (χ4n) is 0.283. The van der Waals surface area contributed by atoms with Gasteiger partial charge in [-0.2, -0.15) is 0 Å². The van der Waals surface area contributed by atoms with E-state index in [0.29, 0.717) is 13.1 Å². The van der Waals surface area contributed by atoms with Gasteiger partial charge in [-0.15, -0.1) is 0 Å². The molecule has 3 N–H and O–H groups in total. The average Bonchev–Trinajstić information content (AvgIpc) is 1.69. The minimum Gasteiger partial charge on any atom is -0.395 e. The third-order valence-electron chi connectivity index (χ3n) is 0.577. The van der Waals surface area contributed by atoms with E-state index in [1.54, 1.807) is 0 Å². The van der Waals surface area contributed by atoms with Crippen LogP contribution in [0, 0.1) is 0 Å². The maximum absolute atomic E-state index is 8.15. The first-order valence-electron chi connectivity index (χ1n) is 2.34. The average molecular weight is 300 g/mol. The van der Waals surface area contributed by atoms with E-state index in [-0.39, 0.29) is 34.3 Å². The van der Waals surface area contributed by atoms with Gasteiger partial charge in [0.2, 0.25) is 0 Å². The van der Waals surface area contributed by atoms with Crippen LogP contribution in [0.2, 0.25) is 0 Å². The fraction of sp³-hybridized carbons (Fsp3) is 1.00. The van der Waals surface area contributed by atoms with Crippen LogP contribution in [0.1, 0.15) is 0 Å². The van der Waals surface area contributed by atoms with Gasteiger partial charge in [0.1, 0.15) is 0 Å². The summed E-state index contributed by atoms with van der Waals surface area (Å²) in [7, 11) is 0. The number of nitrogens with one attached hydrogen (secondary N) is 1. The molecular formula is C4H11NO2Pt. The Kier molecular flexibility index (Phi) is 15.0. The molecule has 4 heteroatoms. The van der Waals surface area contributed by atoms with E-state index in [4.69, 9.17) is 10.2 Å². The summed E-state index contributed by atoms with van der Waals surface area (Å²) < 4.78 is 0. The molecule has 0 aromatic carbocycles. The van der Waals surface area contributed by atoms with Crippen LogP contribution in [0.5, 0.6) is 0 Å². The molecular weight excluding hydrogens is 289 g/mol. The zero-order valence-electron chi connectivity index (χ0n) is 4.54. The molecule has 0 atom stereocenters. The summed E-state index contributed by atoms with van der Waals surface area (Å²) in [5.41, 5.74) is 0. The number of hydrogen-bond donors (Lipinski definition) is 3. The van der Waals surface area contributed by atoms with E-state index in [0.717, 1.165) is 0 Å². The fourth-order valence-corrected chi connectivity index (χ4v) is 0.283. The Bertz CT molecular complexity index is 33.2. The normalized spacial score (nSPS) is 8.25. The standard InChI is InChI=1S/C4H11NO2.Pt/c6-3-1-5-2-4-7;/h5-7H,1-4H2;. The van der Waals surface area contributed by atoms with Gasteiger partial charge in [-0.05, 0) is 0 Å². The Morgan fingerprint density at radius 3 is 1.62 bits per heavy atom. The van der Waals surface area contributed by atoms with Crippen molar-refractivity contribution < 1.29 is 31.3 Å². The number of rotatable bonds is 4. The molecule has 0 fully saturated rings. The van der Waals surface area contributed by atoms with Crippen molar-refractivity contribution in [3.63, 3.8) is 0 Å². The van der Waals surface area contributed by atoms with E-state index >= 15 is 0 Å². The summed E-state index contributed by atoms with van der Waals surface area (Å²) in [6, 6.07) is 0. The van der Waals surface area contributed by atoms with Crippen molar-refractivity contribution in [2.24, 2.45) is 0 Å². The van der Waals surface area contributed by atoms with Crippen LogP contribution in [0.3, 0.4) is 0 Å². The molecule has 0 aliphatic heterocycles. The second kappa shape index (κ2) is 10.5. The Morgan fingerprint density at radius 2 is 1.38 bits per heavy atom.